The molecule has 138 valence electrons. The second kappa shape index (κ2) is 9.91. The van der Waals surface area contributed by atoms with Crippen LogP contribution in [-0.2, 0) is 6.42 Å². The zero-order chi connectivity index (χ0) is 18.2. The van der Waals surface area contributed by atoms with E-state index in [2.05, 4.69) is 58.0 Å². The summed E-state index contributed by atoms with van der Waals surface area (Å²) >= 11 is 6.43. The normalized spacial score (nSPS) is 13.6. The molecule has 0 saturated heterocycles. The Bertz CT molecular complexity index is 668. The first-order chi connectivity index (χ1) is 12.1. The fraction of sp³-hybridized carbons (Fsp3) is 0.545. The standard InChI is InChI=1S/C22H31ClO2/c1-5-9-14-24-17-11-12-19-16(15-17)10-13-22(18(19)6-2)25-21(8-4)20(23)7-3/h10-13,15,20-21H,5-9,14H2,1-4H3. The molecule has 2 unspecified atom stereocenters. The number of halogens is 1. The Labute approximate surface area is 157 Å². The number of hydrogen-bond donors (Lipinski definition) is 0. The molecule has 0 aliphatic heterocycles. The van der Waals surface area contributed by atoms with Crippen molar-refractivity contribution in [2.45, 2.75) is 71.3 Å². The highest BCUT2D eigenvalue weighted by atomic mass is 35.5. The van der Waals surface area contributed by atoms with Gasteiger partial charge in [-0.25, -0.2) is 0 Å². The molecule has 0 aromatic heterocycles. The van der Waals surface area contributed by atoms with Gasteiger partial charge in [0, 0.05) is 5.56 Å². The van der Waals surface area contributed by atoms with E-state index in [1.54, 1.807) is 0 Å². The minimum atomic E-state index is 0.0414. The van der Waals surface area contributed by atoms with Gasteiger partial charge in [-0.1, -0.05) is 46.2 Å². The van der Waals surface area contributed by atoms with Crippen LogP contribution < -0.4 is 9.47 Å². The molecular weight excluding hydrogens is 332 g/mol. The predicted molar refractivity (Wildman–Crippen MR) is 108 cm³/mol. The van der Waals surface area contributed by atoms with E-state index < -0.39 is 0 Å². The summed E-state index contributed by atoms with van der Waals surface area (Å²) in [7, 11) is 0. The first-order valence-electron chi connectivity index (χ1n) is 9.63. The van der Waals surface area contributed by atoms with E-state index in [0.29, 0.717) is 0 Å². The lowest BCUT2D eigenvalue weighted by molar-refractivity contribution is 0.188. The predicted octanol–water partition coefficient (Wildman–Crippen LogP) is 6.76. The Morgan fingerprint density at radius 1 is 1.00 bits per heavy atom. The number of rotatable bonds is 10. The average Bonchev–Trinajstić information content (AvgIpc) is 2.65. The molecule has 0 saturated carbocycles. The van der Waals surface area contributed by atoms with Gasteiger partial charge in [-0.05, 0) is 54.7 Å². The first kappa shape index (κ1) is 19.9. The van der Waals surface area contributed by atoms with Crippen molar-refractivity contribution < 1.29 is 9.47 Å². The van der Waals surface area contributed by atoms with Crippen molar-refractivity contribution in [3.63, 3.8) is 0 Å². The van der Waals surface area contributed by atoms with Gasteiger partial charge >= 0.3 is 0 Å². The molecular formula is C22H31ClO2. The zero-order valence-electron chi connectivity index (χ0n) is 16.0. The number of unbranched alkanes of at least 4 members (excludes halogenated alkanes) is 1. The van der Waals surface area contributed by atoms with E-state index in [4.69, 9.17) is 21.1 Å². The highest BCUT2D eigenvalue weighted by Gasteiger charge is 2.19. The summed E-state index contributed by atoms with van der Waals surface area (Å²) in [4.78, 5) is 0. The lowest BCUT2D eigenvalue weighted by atomic mass is 10.0. The molecule has 0 fully saturated rings. The first-order valence-corrected chi connectivity index (χ1v) is 10.1. The second-order valence-electron chi connectivity index (χ2n) is 6.47. The topological polar surface area (TPSA) is 18.5 Å². The molecule has 0 heterocycles. The summed E-state index contributed by atoms with van der Waals surface area (Å²) < 4.78 is 12.1. The third kappa shape index (κ3) is 5.04. The summed E-state index contributed by atoms with van der Waals surface area (Å²) in [6.07, 6.45) is 5.03. The van der Waals surface area contributed by atoms with Crippen LogP contribution in [0.15, 0.2) is 30.3 Å². The highest BCUT2D eigenvalue weighted by molar-refractivity contribution is 6.21. The van der Waals surface area contributed by atoms with Crippen LogP contribution in [0.25, 0.3) is 10.8 Å². The van der Waals surface area contributed by atoms with Crippen molar-refractivity contribution in [1.29, 1.82) is 0 Å². The van der Waals surface area contributed by atoms with Gasteiger partial charge < -0.3 is 9.47 Å². The molecule has 0 radical (unpaired) electrons. The summed E-state index contributed by atoms with van der Waals surface area (Å²) in [6, 6.07) is 10.6. The largest absolute Gasteiger partial charge is 0.494 e. The van der Waals surface area contributed by atoms with E-state index >= 15 is 0 Å². The minimum Gasteiger partial charge on any atom is -0.494 e. The van der Waals surface area contributed by atoms with Crippen LogP contribution >= 0.6 is 11.6 Å². The van der Waals surface area contributed by atoms with Gasteiger partial charge in [0.1, 0.15) is 17.6 Å². The van der Waals surface area contributed by atoms with Crippen LogP contribution in [-0.4, -0.2) is 18.1 Å². The van der Waals surface area contributed by atoms with Crippen LogP contribution in [0.1, 0.15) is 58.9 Å². The molecule has 25 heavy (non-hydrogen) atoms. The average molecular weight is 363 g/mol. The summed E-state index contributed by atoms with van der Waals surface area (Å²) in [5.41, 5.74) is 1.25. The van der Waals surface area contributed by atoms with Crippen LogP contribution in [0.2, 0.25) is 0 Å². The molecule has 2 aromatic carbocycles. The maximum atomic E-state index is 6.43. The molecule has 0 amide bonds. The van der Waals surface area contributed by atoms with E-state index in [1.165, 1.54) is 16.3 Å². The Kier molecular flexibility index (Phi) is 7.90. The lowest BCUT2D eigenvalue weighted by Gasteiger charge is -2.24. The number of fused-ring (bicyclic) bond motifs is 1. The molecule has 2 aromatic rings. The van der Waals surface area contributed by atoms with Gasteiger partial charge in [0.25, 0.3) is 0 Å². The Morgan fingerprint density at radius 2 is 1.80 bits per heavy atom. The number of ether oxygens (including phenoxy) is 2. The van der Waals surface area contributed by atoms with Gasteiger partial charge in [-0.2, -0.15) is 0 Å². The van der Waals surface area contributed by atoms with Gasteiger partial charge in [-0.3, -0.25) is 0 Å². The fourth-order valence-electron chi connectivity index (χ4n) is 3.09. The van der Waals surface area contributed by atoms with Crippen molar-refractivity contribution in [3.05, 3.63) is 35.9 Å². The number of benzene rings is 2. The van der Waals surface area contributed by atoms with E-state index in [1.807, 2.05) is 0 Å². The fourth-order valence-corrected chi connectivity index (χ4v) is 3.32. The monoisotopic (exact) mass is 362 g/mol. The Morgan fingerprint density at radius 3 is 2.44 bits per heavy atom. The maximum absolute atomic E-state index is 6.43. The van der Waals surface area contributed by atoms with Gasteiger partial charge in [-0.15, -0.1) is 11.6 Å². The molecule has 0 N–H and O–H groups in total. The minimum absolute atomic E-state index is 0.0414. The molecule has 2 nitrogen and oxygen atoms in total. The van der Waals surface area contributed by atoms with Gasteiger partial charge in [0.15, 0.2) is 0 Å². The SMILES string of the molecule is CCCCOc1ccc2c(CC)c(OC(CC)C(Cl)CC)ccc2c1. The van der Waals surface area contributed by atoms with Crippen molar-refractivity contribution >= 4 is 22.4 Å². The quantitative estimate of drug-likeness (QED) is 0.343. The van der Waals surface area contributed by atoms with Crippen molar-refractivity contribution in [3.8, 4) is 11.5 Å². The molecule has 2 atom stereocenters. The number of alkyl halides is 1. The third-order valence-electron chi connectivity index (χ3n) is 4.65. The van der Waals surface area contributed by atoms with Gasteiger partial charge in [0.05, 0.1) is 12.0 Å². The molecule has 3 heteroatoms. The van der Waals surface area contributed by atoms with Crippen molar-refractivity contribution in [1.82, 2.24) is 0 Å². The van der Waals surface area contributed by atoms with Crippen molar-refractivity contribution in [2.24, 2.45) is 0 Å². The van der Waals surface area contributed by atoms with E-state index in [-0.39, 0.29) is 11.5 Å². The lowest BCUT2D eigenvalue weighted by Crippen LogP contribution is -2.26. The Balaban J connectivity index is 2.29. The number of aryl methyl sites for hydroxylation is 1. The molecule has 0 aliphatic carbocycles. The highest BCUT2D eigenvalue weighted by Crippen LogP contribution is 2.32. The summed E-state index contributed by atoms with van der Waals surface area (Å²) in [5, 5.41) is 2.48. The van der Waals surface area contributed by atoms with Gasteiger partial charge in [0.2, 0.25) is 0 Å². The zero-order valence-corrected chi connectivity index (χ0v) is 16.7. The van der Waals surface area contributed by atoms with E-state index in [9.17, 15) is 0 Å². The summed E-state index contributed by atoms with van der Waals surface area (Å²) in [6.45, 7) is 9.35. The summed E-state index contributed by atoms with van der Waals surface area (Å²) in [5.74, 6) is 1.90. The van der Waals surface area contributed by atoms with Crippen LogP contribution in [0.3, 0.4) is 0 Å². The molecule has 0 spiro atoms. The maximum Gasteiger partial charge on any atom is 0.123 e. The van der Waals surface area contributed by atoms with Crippen LogP contribution in [0.4, 0.5) is 0 Å². The smallest absolute Gasteiger partial charge is 0.123 e. The van der Waals surface area contributed by atoms with E-state index in [0.717, 1.165) is 50.2 Å². The number of hydrogen-bond acceptors (Lipinski definition) is 2. The molecule has 0 aliphatic rings. The third-order valence-corrected chi connectivity index (χ3v) is 5.24. The van der Waals surface area contributed by atoms with Crippen LogP contribution in [0.5, 0.6) is 11.5 Å². The van der Waals surface area contributed by atoms with Crippen LogP contribution in [0, 0.1) is 0 Å². The second-order valence-corrected chi connectivity index (χ2v) is 7.03. The molecule has 2 rings (SSSR count). The Hall–Kier alpha value is -1.41. The molecule has 0 bridgehead atoms. The van der Waals surface area contributed by atoms with Crippen molar-refractivity contribution in [2.75, 3.05) is 6.61 Å².